The molecule has 0 N–H and O–H groups in total. The second-order valence-corrected chi connectivity index (χ2v) is 33.7. The predicted molar refractivity (Wildman–Crippen MR) is 369 cm³/mol. The van der Waals surface area contributed by atoms with Gasteiger partial charge in [-0.15, -0.1) is 0 Å². The minimum Gasteiger partial charge on any atom is -0.493 e. The van der Waals surface area contributed by atoms with Crippen LogP contribution in [0.4, 0.5) is 17.1 Å². The summed E-state index contributed by atoms with van der Waals surface area (Å²) in [5.41, 5.74) is 16.7. The highest BCUT2D eigenvalue weighted by molar-refractivity contribution is 5.98. The molecule has 21 atom stereocenters. The fraction of sp³-hybridized carbons (Fsp3) is 0.593. The molecular weight excluding hydrogens is 1250 g/mol. The maximum atomic E-state index is 17.2. The van der Waals surface area contributed by atoms with E-state index in [9.17, 15) is 0 Å². The van der Waals surface area contributed by atoms with Crippen LogP contribution >= 0.6 is 0 Å². The predicted octanol–water partition coefficient (Wildman–Crippen LogP) is 8.98. The van der Waals surface area contributed by atoms with Gasteiger partial charge in [-0.3, -0.25) is 14.7 Å². The number of amides is 3. The number of benzene rings is 4. The van der Waals surface area contributed by atoms with Gasteiger partial charge in [0.25, 0.3) is 0 Å². The third-order valence-electron chi connectivity index (χ3n) is 32.0. The van der Waals surface area contributed by atoms with Gasteiger partial charge in [-0.25, -0.2) is 27.8 Å². The Labute approximate surface area is 579 Å². The quantitative estimate of drug-likeness (QED) is 0.0983. The summed E-state index contributed by atoms with van der Waals surface area (Å²) in [7, 11) is 10.4. The SMILES string of the molecule is COc1cc2c(cc1OC)[N+]1(Cc3c(C)c(C[N+]45C(=O)C[C@@H]6OCC=C7CN8CC[C@@]9(c%10cc(OC)c(OC)cc%104)[C@@H]8C[C@@H]7[C@@H]6[C@@H]95)c(C)c(C[N+]45C(=O)C[C@@H]6OCC=C7CN8CC[C@@]9(c%10cc(OC)c(OC)cc%104)[C@@H]8C[C@@H]7[C@@H]6[C@@H]95)c3C)C(=O)C[C@@H]3OCC=C4CN5CC[C@]26[C@@H]5C[C@@H]4[C@@H]3[C@@H]61. The Morgan fingerprint density at radius 3 is 0.960 bits per heavy atom. The highest BCUT2D eigenvalue weighted by Gasteiger charge is 2.83. The number of hydrogen-bond donors (Lipinski definition) is 0. The Morgan fingerprint density at radius 1 is 0.414 bits per heavy atom. The van der Waals surface area contributed by atoms with Crippen LogP contribution in [0.2, 0.25) is 0 Å². The van der Waals surface area contributed by atoms with Crippen molar-refractivity contribution in [1.82, 2.24) is 28.1 Å². The van der Waals surface area contributed by atoms with Crippen LogP contribution < -0.4 is 41.9 Å². The molecule has 15 aliphatic heterocycles. The van der Waals surface area contributed by atoms with Gasteiger partial charge >= 0.3 is 17.7 Å². The van der Waals surface area contributed by atoms with E-state index in [4.69, 9.17) is 42.6 Å². The van der Waals surface area contributed by atoms with E-state index in [2.05, 4.69) is 90.1 Å². The van der Waals surface area contributed by atoms with Gasteiger partial charge in [0.15, 0.2) is 34.5 Å². The molecule has 9 saturated heterocycles. The summed E-state index contributed by atoms with van der Waals surface area (Å²) in [6.45, 7) is 15.3. The first-order valence-electron chi connectivity index (χ1n) is 37.4. The molecule has 18 nitrogen and oxygen atoms in total. The minimum absolute atomic E-state index is 0.0697. The zero-order chi connectivity index (χ0) is 66.8. The Balaban J connectivity index is 0.826. The number of piperidine rings is 6. The third kappa shape index (κ3) is 6.64. The monoisotopic (exact) mass is 1340 g/mol. The van der Waals surface area contributed by atoms with Crippen molar-refractivity contribution >= 4 is 34.8 Å². The Kier molecular flexibility index (Phi) is 12.1. The molecule has 3 spiro atoms. The maximum absolute atomic E-state index is 17.2. The molecule has 3 amide bonds. The van der Waals surface area contributed by atoms with Crippen LogP contribution in [0, 0.1) is 56.3 Å². The van der Waals surface area contributed by atoms with Crippen molar-refractivity contribution in [2.45, 2.75) is 169 Å². The van der Waals surface area contributed by atoms with Crippen molar-refractivity contribution in [3.05, 3.63) is 121 Å². The lowest BCUT2D eigenvalue weighted by Gasteiger charge is -2.60. The standard InChI is InChI=1S/C81H93N6O12/c1-40-49(37-85-55-28-61(94-7)58(91-4)25-52(55)79-13-16-82-34-43-10-19-97-64(31-70(85)88)73(76(79)85)46(43)22-67(79)82)41(2)51(39-87-57-30-63(96-9)60(93-6)27-54(57)81-15-18-84-36-45-12-21-99-66(33-72(87)90)75(78(81)87)48(45)24-69(81)84)42(3)50(40)38-86-56-29-62(95-8)59(92-5)26-53(56)80-14-17-83-35-44-11-20-98-65(32-71(86)89)74(77(80)86)47(44)23-68(80)83/h10-12,25-30,46-48,64-69,73-78H,13-24,31-39H2,1-9H3/q+3/t46-,47-,48-,64-,65-,66-,67-,68-,69-,73-,74-,75-,76-,77-,78-,79+,80+,81+,85?,86?,87?/m0/s1. The fourth-order valence-corrected chi connectivity index (χ4v) is 28.7. The maximum Gasteiger partial charge on any atom is 0.321 e. The van der Waals surface area contributed by atoms with E-state index in [1.807, 2.05) is 0 Å². The first-order chi connectivity index (χ1) is 48.1. The molecule has 22 rings (SSSR count). The fourth-order valence-electron chi connectivity index (χ4n) is 28.7. The largest absolute Gasteiger partial charge is 0.493 e. The summed E-state index contributed by atoms with van der Waals surface area (Å²) in [5.74, 6) is 5.47. The van der Waals surface area contributed by atoms with E-state index in [1.54, 1.807) is 42.7 Å². The van der Waals surface area contributed by atoms with Crippen LogP contribution in [-0.2, 0) is 64.5 Å². The molecule has 0 aromatic heterocycles. The first kappa shape index (κ1) is 60.2. The first-order valence-corrected chi connectivity index (χ1v) is 37.4. The van der Waals surface area contributed by atoms with Crippen LogP contribution in [-0.4, -0.2) is 189 Å². The van der Waals surface area contributed by atoms with Gasteiger partial charge in [0.1, 0.15) is 54.8 Å². The van der Waals surface area contributed by atoms with Crippen LogP contribution in [0.25, 0.3) is 0 Å². The highest BCUT2D eigenvalue weighted by Crippen LogP contribution is 2.74. The Bertz CT molecular complexity index is 4040. The molecule has 18 aliphatic rings. The molecule has 3 aliphatic carbocycles. The molecule has 4 aromatic carbocycles. The minimum atomic E-state index is -0.391. The van der Waals surface area contributed by atoms with Gasteiger partial charge < -0.3 is 42.6 Å². The molecule has 6 bridgehead atoms. The molecular formula is C81H93N6O12+3. The van der Waals surface area contributed by atoms with Crippen LogP contribution in [0.3, 0.4) is 0 Å². The third-order valence-corrected chi connectivity index (χ3v) is 32.0. The van der Waals surface area contributed by atoms with E-state index in [0.717, 1.165) is 128 Å². The van der Waals surface area contributed by atoms with Crippen molar-refractivity contribution in [3.8, 4) is 34.5 Å². The van der Waals surface area contributed by atoms with Crippen molar-refractivity contribution < 1.29 is 57.0 Å². The van der Waals surface area contributed by atoms with Crippen molar-refractivity contribution in [2.75, 3.05) is 102 Å². The molecule has 3 unspecified atom stereocenters. The van der Waals surface area contributed by atoms with Crippen LogP contribution in [0.1, 0.15) is 108 Å². The summed E-state index contributed by atoms with van der Waals surface area (Å²) < 4.78 is 59.8. The van der Waals surface area contributed by atoms with E-state index < -0.39 is 16.2 Å². The smallest absolute Gasteiger partial charge is 0.321 e. The van der Waals surface area contributed by atoms with Gasteiger partial charge in [0.05, 0.1) is 116 Å². The van der Waals surface area contributed by atoms with Gasteiger partial charge in [-0.1, -0.05) is 34.9 Å². The summed E-state index contributed by atoms with van der Waals surface area (Å²) in [6.07, 6.45) is 13.2. The van der Waals surface area contributed by atoms with Crippen molar-refractivity contribution in [2.24, 2.45) is 35.5 Å². The van der Waals surface area contributed by atoms with Crippen LogP contribution in [0.5, 0.6) is 34.5 Å². The molecule has 516 valence electrons. The van der Waals surface area contributed by atoms with E-state index in [1.165, 1.54) is 33.4 Å². The van der Waals surface area contributed by atoms with E-state index in [-0.39, 0.29) is 121 Å². The van der Waals surface area contributed by atoms with Gasteiger partial charge in [-0.05, 0) is 132 Å². The molecule has 3 saturated carbocycles. The lowest BCUT2D eigenvalue weighted by molar-refractivity contribution is -0.160. The number of fused-ring (bicyclic) bond motifs is 6. The second kappa shape index (κ2) is 19.8. The topological polar surface area (TPSA) is 144 Å². The van der Waals surface area contributed by atoms with Gasteiger partial charge in [0, 0.05) is 107 Å². The number of carbonyl (C=O) groups excluding carboxylic acids is 3. The summed E-state index contributed by atoms with van der Waals surface area (Å²) in [4.78, 5) is 59.7. The normalized spacial score (nSPS) is 42.3. The van der Waals surface area contributed by atoms with E-state index in [0.29, 0.717) is 93.2 Å². The number of carbonyl (C=O) groups is 3. The average molecular weight is 1340 g/mol. The van der Waals surface area contributed by atoms with E-state index >= 15 is 14.4 Å². The van der Waals surface area contributed by atoms with Gasteiger partial charge in [0.2, 0.25) is 0 Å². The van der Waals surface area contributed by atoms with Crippen molar-refractivity contribution in [1.29, 1.82) is 0 Å². The molecule has 18 heteroatoms. The summed E-state index contributed by atoms with van der Waals surface area (Å²) in [6, 6.07) is 13.6. The second-order valence-electron chi connectivity index (χ2n) is 33.7. The Hall–Kier alpha value is -6.45. The number of nitrogens with zero attached hydrogens (tertiary/aromatic N) is 6. The number of rotatable bonds is 12. The number of methoxy groups -OCH3 is 6. The lowest BCUT2D eigenvalue weighted by Crippen LogP contribution is -2.76. The van der Waals surface area contributed by atoms with Crippen LogP contribution in [0.15, 0.2) is 71.3 Å². The zero-order valence-electron chi connectivity index (χ0n) is 58.8. The zero-order valence-corrected chi connectivity index (χ0v) is 58.8. The molecule has 4 aromatic rings. The molecule has 15 heterocycles. The number of hydrogen-bond acceptors (Lipinski definition) is 15. The number of quaternary nitrogens is 3. The summed E-state index contributed by atoms with van der Waals surface area (Å²) >= 11 is 0. The van der Waals surface area contributed by atoms with Gasteiger partial charge in [-0.2, -0.15) is 0 Å². The van der Waals surface area contributed by atoms with Crippen molar-refractivity contribution in [3.63, 3.8) is 0 Å². The Morgan fingerprint density at radius 2 is 0.687 bits per heavy atom. The lowest BCUT2D eigenvalue weighted by atomic mass is 9.53. The molecule has 0 radical (unpaired) electrons. The summed E-state index contributed by atoms with van der Waals surface area (Å²) in [5, 5.41) is 0. The molecule has 99 heavy (non-hydrogen) atoms. The highest BCUT2D eigenvalue weighted by atomic mass is 16.5. The average Bonchev–Trinajstić information content (AvgIpc) is 1.50. The molecule has 12 fully saturated rings. The number of ether oxygens (including phenoxy) is 9.